The van der Waals surface area contributed by atoms with E-state index in [0.717, 1.165) is 54.3 Å². The van der Waals surface area contributed by atoms with Crippen LogP contribution < -0.4 is 5.32 Å². The number of hydrogen-bond donors (Lipinski definition) is 1. The van der Waals surface area contributed by atoms with Gasteiger partial charge in [0.25, 0.3) is 5.91 Å². The molecule has 27 heavy (non-hydrogen) atoms. The van der Waals surface area contributed by atoms with Crippen LogP contribution in [0.2, 0.25) is 0 Å². The molecule has 1 N–H and O–H groups in total. The molecular formula is C22H28N2O3. The number of pyridine rings is 1. The minimum absolute atomic E-state index is 0.291. The van der Waals surface area contributed by atoms with Crippen molar-refractivity contribution in [3.8, 4) is 0 Å². The average Bonchev–Trinajstić information content (AvgIpc) is 2.82. The summed E-state index contributed by atoms with van der Waals surface area (Å²) >= 11 is 0. The normalized spacial score (nSPS) is 15.6. The lowest BCUT2D eigenvalue weighted by molar-refractivity contribution is -0.130. The van der Waals surface area contributed by atoms with E-state index in [1.807, 2.05) is 45.0 Å². The van der Waals surface area contributed by atoms with Crippen LogP contribution in [0.15, 0.2) is 24.3 Å². The van der Waals surface area contributed by atoms with Crippen molar-refractivity contribution in [1.82, 2.24) is 10.3 Å². The van der Waals surface area contributed by atoms with Gasteiger partial charge in [0.2, 0.25) is 0 Å². The van der Waals surface area contributed by atoms with E-state index in [0.29, 0.717) is 5.56 Å². The third-order valence-electron chi connectivity index (χ3n) is 4.77. The fourth-order valence-corrected chi connectivity index (χ4v) is 3.53. The maximum absolute atomic E-state index is 13.1. The lowest BCUT2D eigenvalue weighted by atomic mass is 9.97. The molecule has 0 saturated heterocycles. The topological polar surface area (TPSA) is 68.3 Å². The summed E-state index contributed by atoms with van der Waals surface area (Å²) in [7, 11) is 0. The Morgan fingerprint density at radius 1 is 1.11 bits per heavy atom. The van der Waals surface area contributed by atoms with Crippen LogP contribution in [0.3, 0.4) is 0 Å². The number of aromatic nitrogens is 1. The average molecular weight is 368 g/mol. The molecule has 0 spiro atoms. The maximum Gasteiger partial charge on any atom is 0.339 e. The van der Waals surface area contributed by atoms with Crippen LogP contribution >= 0.6 is 0 Å². The molecule has 1 aliphatic carbocycles. The number of fused-ring (bicyclic) bond motifs is 2. The van der Waals surface area contributed by atoms with Crippen molar-refractivity contribution in [2.45, 2.75) is 71.4 Å². The highest BCUT2D eigenvalue weighted by atomic mass is 16.5. The number of rotatable bonds is 3. The van der Waals surface area contributed by atoms with E-state index in [1.165, 1.54) is 0 Å². The van der Waals surface area contributed by atoms with Crippen LogP contribution in [0.4, 0.5) is 0 Å². The molecule has 0 aliphatic heterocycles. The second kappa shape index (κ2) is 7.67. The number of para-hydroxylation sites is 1. The zero-order valence-electron chi connectivity index (χ0n) is 16.6. The second-order valence-corrected chi connectivity index (χ2v) is 8.28. The number of carbonyl (C=O) groups is 2. The number of carbonyl (C=O) groups excluding carboxylic acids is 2. The van der Waals surface area contributed by atoms with Gasteiger partial charge < -0.3 is 10.1 Å². The zero-order chi connectivity index (χ0) is 19.6. The van der Waals surface area contributed by atoms with Crippen molar-refractivity contribution in [2.75, 3.05) is 0 Å². The molecule has 1 amide bonds. The summed E-state index contributed by atoms with van der Waals surface area (Å²) in [5, 5.41) is 3.65. The molecule has 2 aromatic rings. The SMILES string of the molecule is C[C@@H](OC(=O)c1c2c(nc3ccccc13)CCCCC2)C(=O)NC(C)(C)C. The molecule has 1 aromatic carbocycles. The number of benzene rings is 1. The summed E-state index contributed by atoms with van der Waals surface area (Å²) < 4.78 is 5.58. The second-order valence-electron chi connectivity index (χ2n) is 8.28. The lowest BCUT2D eigenvalue weighted by Gasteiger charge is -2.23. The number of nitrogens with one attached hydrogen (secondary N) is 1. The van der Waals surface area contributed by atoms with Gasteiger partial charge in [-0.05, 0) is 65.0 Å². The molecule has 5 nitrogen and oxygen atoms in total. The Morgan fingerprint density at radius 2 is 1.81 bits per heavy atom. The number of hydrogen-bond acceptors (Lipinski definition) is 4. The number of amides is 1. The summed E-state index contributed by atoms with van der Waals surface area (Å²) in [5.41, 5.74) is 2.98. The van der Waals surface area contributed by atoms with Gasteiger partial charge in [-0.15, -0.1) is 0 Å². The summed E-state index contributed by atoms with van der Waals surface area (Å²) in [5.74, 6) is -0.733. The zero-order valence-corrected chi connectivity index (χ0v) is 16.6. The number of nitrogens with zero attached hydrogens (tertiary/aromatic N) is 1. The molecule has 0 radical (unpaired) electrons. The van der Waals surface area contributed by atoms with Gasteiger partial charge in [0, 0.05) is 16.6 Å². The molecule has 1 aromatic heterocycles. The predicted octanol–water partition coefficient (Wildman–Crippen LogP) is 3.96. The summed E-state index contributed by atoms with van der Waals surface area (Å²) in [6.07, 6.45) is 4.08. The van der Waals surface area contributed by atoms with E-state index in [1.54, 1.807) is 6.92 Å². The highest BCUT2D eigenvalue weighted by Crippen LogP contribution is 2.29. The van der Waals surface area contributed by atoms with Gasteiger partial charge in [-0.3, -0.25) is 9.78 Å². The molecule has 144 valence electrons. The first-order valence-corrected chi connectivity index (χ1v) is 9.70. The van der Waals surface area contributed by atoms with Gasteiger partial charge in [-0.25, -0.2) is 4.79 Å². The Bertz CT molecular complexity index is 868. The number of aryl methyl sites for hydroxylation is 1. The standard InChI is InChI=1S/C22H28N2O3/c1-14(20(25)24-22(2,3)4)27-21(26)19-15-10-6-5-7-12-17(15)23-18-13-9-8-11-16(18)19/h8-9,11,13-14H,5-7,10,12H2,1-4H3,(H,24,25)/t14-/m1/s1. The smallest absolute Gasteiger partial charge is 0.339 e. The monoisotopic (exact) mass is 368 g/mol. The highest BCUT2D eigenvalue weighted by Gasteiger charge is 2.27. The first-order chi connectivity index (χ1) is 12.8. The van der Waals surface area contributed by atoms with Gasteiger partial charge in [0.05, 0.1) is 11.1 Å². The Kier molecular flexibility index (Phi) is 5.49. The van der Waals surface area contributed by atoms with Crippen LogP contribution in [0.25, 0.3) is 10.9 Å². The van der Waals surface area contributed by atoms with Gasteiger partial charge >= 0.3 is 5.97 Å². The van der Waals surface area contributed by atoms with Gasteiger partial charge in [0.1, 0.15) is 0 Å². The molecule has 0 saturated carbocycles. The minimum atomic E-state index is -0.856. The van der Waals surface area contributed by atoms with Crippen LogP contribution in [0, 0.1) is 0 Å². The van der Waals surface area contributed by atoms with E-state index >= 15 is 0 Å². The van der Waals surface area contributed by atoms with E-state index in [4.69, 9.17) is 9.72 Å². The Labute approximate surface area is 160 Å². The van der Waals surface area contributed by atoms with Crippen LogP contribution in [-0.2, 0) is 22.4 Å². The van der Waals surface area contributed by atoms with Crippen molar-refractivity contribution < 1.29 is 14.3 Å². The molecule has 1 aliphatic rings. The summed E-state index contributed by atoms with van der Waals surface area (Å²) in [4.78, 5) is 30.2. The highest BCUT2D eigenvalue weighted by molar-refractivity contribution is 6.05. The van der Waals surface area contributed by atoms with Gasteiger partial charge in [-0.1, -0.05) is 24.6 Å². The molecular weight excluding hydrogens is 340 g/mol. The van der Waals surface area contributed by atoms with E-state index in [-0.39, 0.29) is 11.4 Å². The predicted molar refractivity (Wildman–Crippen MR) is 106 cm³/mol. The summed E-state index contributed by atoms with van der Waals surface area (Å²) in [6, 6.07) is 7.66. The number of ether oxygens (including phenoxy) is 1. The van der Waals surface area contributed by atoms with E-state index < -0.39 is 12.1 Å². The maximum atomic E-state index is 13.1. The third kappa shape index (κ3) is 4.46. The molecule has 1 atom stereocenters. The fourth-order valence-electron chi connectivity index (χ4n) is 3.53. The Hall–Kier alpha value is -2.43. The van der Waals surface area contributed by atoms with Crippen molar-refractivity contribution >= 4 is 22.8 Å². The van der Waals surface area contributed by atoms with E-state index in [2.05, 4.69) is 5.32 Å². The summed E-state index contributed by atoms with van der Waals surface area (Å²) in [6.45, 7) is 7.31. The van der Waals surface area contributed by atoms with Crippen molar-refractivity contribution in [3.05, 3.63) is 41.1 Å². The van der Waals surface area contributed by atoms with E-state index in [9.17, 15) is 9.59 Å². The largest absolute Gasteiger partial charge is 0.449 e. The molecule has 1 heterocycles. The Morgan fingerprint density at radius 3 is 2.56 bits per heavy atom. The quantitative estimate of drug-likeness (QED) is 0.658. The number of esters is 1. The lowest BCUT2D eigenvalue weighted by Crippen LogP contribution is -2.46. The van der Waals surface area contributed by atoms with Crippen molar-refractivity contribution in [1.29, 1.82) is 0 Å². The first-order valence-electron chi connectivity index (χ1n) is 9.70. The Balaban J connectivity index is 1.96. The van der Waals surface area contributed by atoms with Crippen molar-refractivity contribution in [2.24, 2.45) is 0 Å². The minimum Gasteiger partial charge on any atom is -0.449 e. The fraction of sp³-hybridized carbons (Fsp3) is 0.500. The molecule has 5 heteroatoms. The third-order valence-corrected chi connectivity index (χ3v) is 4.77. The molecule has 0 unspecified atom stereocenters. The molecule has 0 fully saturated rings. The van der Waals surface area contributed by atoms with Gasteiger partial charge in [0.15, 0.2) is 6.10 Å². The van der Waals surface area contributed by atoms with Crippen molar-refractivity contribution in [3.63, 3.8) is 0 Å². The van der Waals surface area contributed by atoms with Crippen LogP contribution in [-0.4, -0.2) is 28.5 Å². The van der Waals surface area contributed by atoms with Crippen LogP contribution in [0.5, 0.6) is 0 Å². The molecule has 3 rings (SSSR count). The molecule has 0 bridgehead atoms. The van der Waals surface area contributed by atoms with Gasteiger partial charge in [-0.2, -0.15) is 0 Å². The van der Waals surface area contributed by atoms with Crippen LogP contribution in [0.1, 0.15) is 68.6 Å². The first kappa shape index (κ1) is 19.3.